The summed E-state index contributed by atoms with van der Waals surface area (Å²) < 4.78 is 24.3. The van der Waals surface area contributed by atoms with Gasteiger partial charge in [-0.2, -0.15) is 0 Å². The molecule has 0 aliphatic heterocycles. The van der Waals surface area contributed by atoms with Gasteiger partial charge in [-0.1, -0.05) is 0 Å². The van der Waals surface area contributed by atoms with E-state index >= 15 is 0 Å². The highest BCUT2D eigenvalue weighted by Crippen LogP contribution is 1.98. The smallest absolute Gasteiger partial charge is 0.222 e. The van der Waals surface area contributed by atoms with Gasteiger partial charge in [0.15, 0.2) is 0 Å². The van der Waals surface area contributed by atoms with E-state index in [0.29, 0.717) is 12.5 Å². The number of nitrogens with zero attached hydrogens (tertiary/aromatic N) is 2. The fraction of sp³-hybridized carbons (Fsp3) is 0.556. The van der Waals surface area contributed by atoms with Crippen LogP contribution in [0.4, 0.5) is 5.95 Å². The Morgan fingerprint density at radius 1 is 1.50 bits per heavy atom. The fourth-order valence-corrected chi connectivity index (χ4v) is 2.00. The van der Waals surface area contributed by atoms with Gasteiger partial charge in [0.2, 0.25) is 16.0 Å². The lowest BCUT2D eigenvalue weighted by molar-refractivity contribution is 0.571. The zero-order valence-electron chi connectivity index (χ0n) is 9.56. The van der Waals surface area contributed by atoms with Crippen LogP contribution in [0.25, 0.3) is 0 Å². The van der Waals surface area contributed by atoms with Crippen molar-refractivity contribution in [2.24, 2.45) is 0 Å². The molecule has 0 fully saturated rings. The van der Waals surface area contributed by atoms with Crippen LogP contribution in [0.5, 0.6) is 0 Å². The first kappa shape index (κ1) is 12.9. The highest BCUT2D eigenvalue weighted by atomic mass is 32.2. The van der Waals surface area contributed by atoms with E-state index in [9.17, 15) is 8.42 Å². The van der Waals surface area contributed by atoms with Crippen LogP contribution >= 0.6 is 0 Å². The van der Waals surface area contributed by atoms with Gasteiger partial charge < -0.3 is 5.32 Å². The molecule has 1 rings (SSSR count). The SMILES string of the molecule is Cc1ccnc(NC[C@@H](C)NS(C)(=O)=O)n1. The van der Waals surface area contributed by atoms with E-state index < -0.39 is 10.0 Å². The average molecular weight is 244 g/mol. The molecule has 7 heteroatoms. The van der Waals surface area contributed by atoms with Crippen molar-refractivity contribution in [1.82, 2.24) is 14.7 Å². The summed E-state index contributed by atoms with van der Waals surface area (Å²) in [5, 5.41) is 2.96. The highest BCUT2D eigenvalue weighted by Gasteiger charge is 2.08. The Morgan fingerprint density at radius 3 is 2.75 bits per heavy atom. The first-order chi connectivity index (χ1) is 7.37. The lowest BCUT2D eigenvalue weighted by Crippen LogP contribution is -2.36. The molecule has 0 aliphatic rings. The third-order valence-electron chi connectivity index (χ3n) is 1.78. The van der Waals surface area contributed by atoms with Gasteiger partial charge in [-0.05, 0) is 19.9 Å². The Hall–Kier alpha value is -1.21. The lowest BCUT2D eigenvalue weighted by atomic mass is 10.4. The summed E-state index contributed by atoms with van der Waals surface area (Å²) in [5.74, 6) is 0.502. The van der Waals surface area contributed by atoms with Crippen LogP contribution in [0.2, 0.25) is 0 Å². The minimum Gasteiger partial charge on any atom is -0.353 e. The molecule has 90 valence electrons. The first-order valence-corrected chi connectivity index (χ1v) is 6.77. The second-order valence-electron chi connectivity index (χ2n) is 3.69. The minimum atomic E-state index is -3.17. The molecule has 0 bridgehead atoms. The number of hydrogen-bond donors (Lipinski definition) is 2. The van der Waals surface area contributed by atoms with Crippen LogP contribution in [-0.2, 0) is 10.0 Å². The van der Waals surface area contributed by atoms with Gasteiger partial charge in [-0.25, -0.2) is 23.1 Å². The molecular weight excluding hydrogens is 228 g/mol. The Balaban J connectivity index is 2.46. The molecule has 1 atom stereocenters. The predicted octanol–water partition coefficient (Wildman–Crippen LogP) is 0.135. The molecule has 1 heterocycles. The predicted molar refractivity (Wildman–Crippen MR) is 62.7 cm³/mol. The Kier molecular flexibility index (Phi) is 4.19. The molecule has 0 saturated heterocycles. The summed E-state index contributed by atoms with van der Waals surface area (Å²) in [7, 11) is -3.17. The van der Waals surface area contributed by atoms with Gasteiger partial charge in [0.25, 0.3) is 0 Å². The molecule has 0 spiro atoms. The molecule has 0 aromatic carbocycles. The lowest BCUT2D eigenvalue weighted by Gasteiger charge is -2.12. The maximum Gasteiger partial charge on any atom is 0.222 e. The molecule has 0 amide bonds. The molecule has 6 nitrogen and oxygen atoms in total. The van der Waals surface area contributed by atoms with E-state index in [1.165, 1.54) is 0 Å². The highest BCUT2D eigenvalue weighted by molar-refractivity contribution is 7.88. The maximum atomic E-state index is 10.9. The third-order valence-corrected chi connectivity index (χ3v) is 2.61. The average Bonchev–Trinajstić information content (AvgIpc) is 2.12. The summed E-state index contributed by atoms with van der Waals surface area (Å²) in [6.07, 6.45) is 2.78. The van der Waals surface area contributed by atoms with Gasteiger partial charge in [0.1, 0.15) is 0 Å². The molecule has 0 radical (unpaired) electrons. The zero-order valence-corrected chi connectivity index (χ0v) is 10.4. The van der Waals surface area contributed by atoms with E-state index in [4.69, 9.17) is 0 Å². The van der Waals surface area contributed by atoms with Crippen LogP contribution < -0.4 is 10.0 Å². The van der Waals surface area contributed by atoms with Crippen molar-refractivity contribution in [2.75, 3.05) is 18.1 Å². The van der Waals surface area contributed by atoms with Gasteiger partial charge in [0.05, 0.1) is 6.26 Å². The maximum absolute atomic E-state index is 10.9. The minimum absolute atomic E-state index is 0.209. The number of hydrogen-bond acceptors (Lipinski definition) is 5. The summed E-state index contributed by atoms with van der Waals surface area (Å²) in [6, 6.07) is 1.59. The van der Waals surface area contributed by atoms with Gasteiger partial charge in [0, 0.05) is 24.5 Å². The van der Waals surface area contributed by atoms with Crippen molar-refractivity contribution in [2.45, 2.75) is 19.9 Å². The van der Waals surface area contributed by atoms with E-state index in [2.05, 4.69) is 20.0 Å². The largest absolute Gasteiger partial charge is 0.353 e. The molecule has 2 N–H and O–H groups in total. The number of anilines is 1. The molecule has 0 unspecified atom stereocenters. The van der Waals surface area contributed by atoms with E-state index in [-0.39, 0.29) is 6.04 Å². The van der Waals surface area contributed by atoms with Crippen molar-refractivity contribution in [1.29, 1.82) is 0 Å². The third kappa shape index (κ3) is 5.04. The Labute approximate surface area is 95.6 Å². The quantitative estimate of drug-likeness (QED) is 0.769. The summed E-state index contributed by atoms with van der Waals surface area (Å²) in [4.78, 5) is 8.15. The molecule has 16 heavy (non-hydrogen) atoms. The van der Waals surface area contributed by atoms with Crippen LogP contribution in [0.1, 0.15) is 12.6 Å². The number of rotatable bonds is 5. The van der Waals surface area contributed by atoms with Crippen LogP contribution in [0.3, 0.4) is 0 Å². The van der Waals surface area contributed by atoms with E-state index in [1.807, 2.05) is 6.92 Å². The van der Waals surface area contributed by atoms with Crippen molar-refractivity contribution >= 4 is 16.0 Å². The van der Waals surface area contributed by atoms with Crippen LogP contribution in [0.15, 0.2) is 12.3 Å². The first-order valence-electron chi connectivity index (χ1n) is 4.87. The Morgan fingerprint density at radius 2 is 2.19 bits per heavy atom. The van der Waals surface area contributed by atoms with Crippen molar-refractivity contribution < 1.29 is 8.42 Å². The van der Waals surface area contributed by atoms with Gasteiger partial charge in [-0.3, -0.25) is 0 Å². The van der Waals surface area contributed by atoms with Crippen molar-refractivity contribution in [3.05, 3.63) is 18.0 Å². The van der Waals surface area contributed by atoms with Crippen LogP contribution in [-0.4, -0.2) is 37.2 Å². The summed E-state index contributed by atoms with van der Waals surface area (Å²) in [6.45, 7) is 4.07. The fourth-order valence-electron chi connectivity index (χ4n) is 1.19. The van der Waals surface area contributed by atoms with Crippen LogP contribution in [0, 0.1) is 6.92 Å². The summed E-state index contributed by atoms with van der Waals surface area (Å²) >= 11 is 0. The van der Waals surface area contributed by atoms with Gasteiger partial charge in [-0.15, -0.1) is 0 Å². The summed E-state index contributed by atoms with van der Waals surface area (Å²) in [5.41, 5.74) is 0.862. The van der Waals surface area contributed by atoms with Gasteiger partial charge >= 0.3 is 0 Å². The normalized spacial score (nSPS) is 13.4. The molecule has 0 saturated carbocycles. The number of aryl methyl sites for hydroxylation is 1. The zero-order chi connectivity index (χ0) is 12.2. The second-order valence-corrected chi connectivity index (χ2v) is 5.47. The Bertz CT molecular complexity index is 447. The molecular formula is C9H16N4O2S. The topological polar surface area (TPSA) is 84.0 Å². The standard InChI is InChI=1S/C9H16N4O2S/c1-7-4-5-10-9(12-7)11-6-8(2)13-16(3,14)15/h4-5,8,13H,6H2,1-3H3,(H,10,11,12)/t8-/m1/s1. The number of sulfonamides is 1. The second kappa shape index (κ2) is 5.22. The molecule has 1 aromatic heterocycles. The number of nitrogens with one attached hydrogen (secondary N) is 2. The van der Waals surface area contributed by atoms with E-state index in [1.54, 1.807) is 19.2 Å². The molecule has 1 aromatic rings. The van der Waals surface area contributed by atoms with E-state index in [0.717, 1.165) is 11.9 Å². The molecule has 0 aliphatic carbocycles. The van der Waals surface area contributed by atoms with Crippen molar-refractivity contribution in [3.63, 3.8) is 0 Å². The number of aromatic nitrogens is 2. The monoisotopic (exact) mass is 244 g/mol. The van der Waals surface area contributed by atoms with Crippen molar-refractivity contribution in [3.8, 4) is 0 Å².